The van der Waals surface area contributed by atoms with E-state index in [1.54, 1.807) is 18.2 Å². The van der Waals surface area contributed by atoms with E-state index in [-0.39, 0.29) is 24.6 Å². The van der Waals surface area contributed by atoms with Crippen molar-refractivity contribution in [2.75, 3.05) is 16.8 Å². The van der Waals surface area contributed by atoms with Crippen molar-refractivity contribution in [1.29, 1.82) is 0 Å². The molecule has 0 aliphatic carbocycles. The minimum absolute atomic E-state index is 0.0140. The molecule has 0 unspecified atom stereocenters. The predicted octanol–water partition coefficient (Wildman–Crippen LogP) is 3.92. The van der Waals surface area contributed by atoms with Crippen molar-refractivity contribution in [2.24, 2.45) is 5.92 Å². The summed E-state index contributed by atoms with van der Waals surface area (Å²) >= 11 is 6.09. The zero-order valence-corrected chi connectivity index (χ0v) is 14.1. The SMILES string of the molecule is Cc1ccc(N2C[C@H](C(=O)Nc3ccc(F)cc3F)CC2=O)cc1Cl. The van der Waals surface area contributed by atoms with Gasteiger partial charge in [-0.25, -0.2) is 8.78 Å². The zero-order chi connectivity index (χ0) is 18.1. The van der Waals surface area contributed by atoms with Gasteiger partial charge in [0.05, 0.1) is 11.6 Å². The molecule has 1 saturated heterocycles. The molecule has 4 nitrogen and oxygen atoms in total. The summed E-state index contributed by atoms with van der Waals surface area (Å²) in [5, 5.41) is 2.94. The normalized spacial score (nSPS) is 17.0. The van der Waals surface area contributed by atoms with Gasteiger partial charge in [-0.3, -0.25) is 9.59 Å². The summed E-state index contributed by atoms with van der Waals surface area (Å²) in [6.45, 7) is 2.03. The first-order valence-corrected chi connectivity index (χ1v) is 8.05. The summed E-state index contributed by atoms with van der Waals surface area (Å²) in [7, 11) is 0. The summed E-state index contributed by atoms with van der Waals surface area (Å²) in [5.74, 6) is -2.91. The van der Waals surface area contributed by atoms with Crippen molar-refractivity contribution in [3.63, 3.8) is 0 Å². The maximum absolute atomic E-state index is 13.7. The standard InChI is InChI=1S/C18H15ClF2N2O2/c1-10-2-4-13(8-14(10)19)23-9-11(6-17(23)24)18(25)22-16-5-3-12(20)7-15(16)21/h2-5,7-8,11H,6,9H2,1H3,(H,22,25)/t11-/m1/s1. The third-order valence-electron chi connectivity index (χ3n) is 4.15. The van der Waals surface area contributed by atoms with Crippen molar-refractivity contribution in [2.45, 2.75) is 13.3 Å². The molecule has 0 saturated carbocycles. The van der Waals surface area contributed by atoms with Crippen molar-refractivity contribution < 1.29 is 18.4 Å². The van der Waals surface area contributed by atoms with Gasteiger partial charge in [-0.2, -0.15) is 0 Å². The molecule has 3 rings (SSSR count). The second kappa shape index (κ2) is 6.80. The van der Waals surface area contributed by atoms with Crippen LogP contribution in [-0.4, -0.2) is 18.4 Å². The fourth-order valence-corrected chi connectivity index (χ4v) is 2.88. The van der Waals surface area contributed by atoms with Crippen LogP contribution in [0, 0.1) is 24.5 Å². The van der Waals surface area contributed by atoms with Crippen molar-refractivity contribution in [1.82, 2.24) is 0 Å². The highest BCUT2D eigenvalue weighted by atomic mass is 35.5. The molecule has 1 N–H and O–H groups in total. The number of hydrogen-bond acceptors (Lipinski definition) is 2. The van der Waals surface area contributed by atoms with Crippen LogP contribution in [0.15, 0.2) is 36.4 Å². The van der Waals surface area contributed by atoms with E-state index in [0.29, 0.717) is 16.8 Å². The molecule has 0 radical (unpaired) electrons. The van der Waals surface area contributed by atoms with Gasteiger partial charge in [0.2, 0.25) is 11.8 Å². The third kappa shape index (κ3) is 3.64. The topological polar surface area (TPSA) is 49.4 Å². The van der Waals surface area contributed by atoms with Crippen molar-refractivity contribution in [3.8, 4) is 0 Å². The molecule has 1 aliphatic heterocycles. The molecular weight excluding hydrogens is 350 g/mol. The summed E-state index contributed by atoms with van der Waals surface area (Å²) < 4.78 is 26.6. The first kappa shape index (κ1) is 17.4. The molecule has 1 aliphatic rings. The number of nitrogens with zero attached hydrogens (tertiary/aromatic N) is 1. The van der Waals surface area contributed by atoms with Crippen LogP contribution >= 0.6 is 11.6 Å². The van der Waals surface area contributed by atoms with Crippen molar-refractivity contribution >= 4 is 34.8 Å². The molecule has 7 heteroatoms. The van der Waals surface area contributed by atoms with Crippen LogP contribution in [0.25, 0.3) is 0 Å². The van der Waals surface area contributed by atoms with Gasteiger partial charge in [-0.15, -0.1) is 0 Å². The summed E-state index contributed by atoms with van der Waals surface area (Å²) in [6.07, 6.45) is 0.0140. The first-order valence-electron chi connectivity index (χ1n) is 7.67. The van der Waals surface area contributed by atoms with E-state index in [1.807, 2.05) is 6.92 Å². The van der Waals surface area contributed by atoms with Gasteiger partial charge in [0.1, 0.15) is 11.6 Å². The molecule has 2 aromatic rings. The van der Waals surface area contributed by atoms with E-state index in [9.17, 15) is 18.4 Å². The lowest BCUT2D eigenvalue weighted by molar-refractivity contribution is -0.122. The van der Waals surface area contributed by atoms with Gasteiger partial charge >= 0.3 is 0 Å². The number of benzene rings is 2. The van der Waals surface area contributed by atoms with E-state index >= 15 is 0 Å². The number of hydrogen-bond donors (Lipinski definition) is 1. The van der Waals surface area contributed by atoms with Crippen LogP contribution in [0.1, 0.15) is 12.0 Å². The second-order valence-corrected chi connectivity index (χ2v) is 6.36. The average Bonchev–Trinajstić information content (AvgIpc) is 2.95. The third-order valence-corrected chi connectivity index (χ3v) is 4.56. The Morgan fingerprint density at radius 3 is 2.68 bits per heavy atom. The van der Waals surface area contributed by atoms with Gasteiger partial charge < -0.3 is 10.2 Å². The molecule has 2 amide bonds. The number of aryl methyl sites for hydroxylation is 1. The number of halogens is 3. The molecule has 0 bridgehead atoms. The van der Waals surface area contributed by atoms with E-state index in [0.717, 1.165) is 17.7 Å². The zero-order valence-electron chi connectivity index (χ0n) is 13.4. The predicted molar refractivity (Wildman–Crippen MR) is 91.6 cm³/mol. The smallest absolute Gasteiger partial charge is 0.229 e. The Hall–Kier alpha value is -2.47. The molecule has 1 heterocycles. The molecule has 0 aromatic heterocycles. The fourth-order valence-electron chi connectivity index (χ4n) is 2.71. The van der Waals surface area contributed by atoms with Gasteiger partial charge in [-0.1, -0.05) is 17.7 Å². The van der Waals surface area contributed by atoms with Crippen LogP contribution < -0.4 is 10.2 Å². The number of carbonyl (C=O) groups is 2. The number of nitrogens with one attached hydrogen (secondary N) is 1. The quantitative estimate of drug-likeness (QED) is 0.897. The van der Waals surface area contributed by atoms with E-state index in [1.165, 1.54) is 4.90 Å². The first-order chi connectivity index (χ1) is 11.8. The minimum Gasteiger partial charge on any atom is -0.323 e. The number of rotatable bonds is 3. The summed E-state index contributed by atoms with van der Waals surface area (Å²) in [6, 6.07) is 8.13. The number of anilines is 2. The Bertz CT molecular complexity index is 857. The molecule has 130 valence electrons. The van der Waals surface area contributed by atoms with E-state index < -0.39 is 23.5 Å². The molecule has 1 atom stereocenters. The average molecular weight is 365 g/mol. The minimum atomic E-state index is -0.861. The van der Waals surface area contributed by atoms with Crippen LogP contribution in [0.2, 0.25) is 5.02 Å². The van der Waals surface area contributed by atoms with Crippen molar-refractivity contribution in [3.05, 3.63) is 58.6 Å². The molecule has 2 aromatic carbocycles. The highest BCUT2D eigenvalue weighted by molar-refractivity contribution is 6.31. The number of amides is 2. The highest BCUT2D eigenvalue weighted by Gasteiger charge is 2.35. The van der Waals surface area contributed by atoms with Crippen LogP contribution in [-0.2, 0) is 9.59 Å². The molecule has 25 heavy (non-hydrogen) atoms. The summed E-state index contributed by atoms with van der Waals surface area (Å²) in [5.41, 5.74) is 1.39. The van der Waals surface area contributed by atoms with Gasteiger partial charge in [0.25, 0.3) is 0 Å². The lowest BCUT2D eigenvalue weighted by Crippen LogP contribution is -2.28. The largest absolute Gasteiger partial charge is 0.323 e. The van der Waals surface area contributed by atoms with E-state index in [4.69, 9.17) is 11.6 Å². The Morgan fingerprint density at radius 2 is 2.00 bits per heavy atom. The lowest BCUT2D eigenvalue weighted by Gasteiger charge is -2.17. The van der Waals surface area contributed by atoms with E-state index in [2.05, 4.69) is 5.32 Å². The second-order valence-electron chi connectivity index (χ2n) is 5.95. The molecular formula is C18H15ClF2N2O2. The maximum atomic E-state index is 13.7. The molecule has 1 fully saturated rings. The fraction of sp³-hybridized carbons (Fsp3) is 0.222. The van der Waals surface area contributed by atoms with Gasteiger partial charge in [0, 0.05) is 29.7 Å². The maximum Gasteiger partial charge on any atom is 0.229 e. The van der Waals surface area contributed by atoms with Crippen LogP contribution in [0.5, 0.6) is 0 Å². The van der Waals surface area contributed by atoms with Gasteiger partial charge in [0.15, 0.2) is 0 Å². The molecule has 0 spiro atoms. The Labute approximate surface area is 148 Å². The van der Waals surface area contributed by atoms with Gasteiger partial charge in [-0.05, 0) is 36.8 Å². The Kier molecular flexibility index (Phi) is 4.72. The Balaban J connectivity index is 1.73. The Morgan fingerprint density at radius 1 is 1.24 bits per heavy atom. The number of carbonyl (C=O) groups excluding carboxylic acids is 2. The highest BCUT2D eigenvalue weighted by Crippen LogP contribution is 2.29. The lowest BCUT2D eigenvalue weighted by atomic mass is 10.1. The summed E-state index contributed by atoms with van der Waals surface area (Å²) in [4.78, 5) is 26.0. The monoisotopic (exact) mass is 364 g/mol. The van der Waals surface area contributed by atoms with Crippen LogP contribution in [0.3, 0.4) is 0 Å². The van der Waals surface area contributed by atoms with Crippen LogP contribution in [0.4, 0.5) is 20.2 Å².